The zero-order valence-electron chi connectivity index (χ0n) is 18.5. The van der Waals surface area contributed by atoms with Gasteiger partial charge in [-0.2, -0.15) is 0 Å². The minimum absolute atomic E-state index is 0.0771. The summed E-state index contributed by atoms with van der Waals surface area (Å²) in [6, 6.07) is 21.3. The molecule has 8 heteroatoms. The Labute approximate surface area is 207 Å². The van der Waals surface area contributed by atoms with Crippen molar-refractivity contribution in [3.63, 3.8) is 0 Å². The first-order valence-electron chi connectivity index (χ1n) is 10.8. The van der Waals surface area contributed by atoms with Gasteiger partial charge < -0.3 is 15.0 Å². The van der Waals surface area contributed by atoms with Crippen LogP contribution in [0.15, 0.2) is 72.8 Å². The molecule has 0 radical (unpaired) electrons. The fraction of sp³-hybridized carbons (Fsp3) is 0.192. The van der Waals surface area contributed by atoms with Crippen molar-refractivity contribution in [3.8, 4) is 0 Å². The van der Waals surface area contributed by atoms with Crippen molar-refractivity contribution >= 4 is 46.8 Å². The predicted octanol–water partition coefficient (Wildman–Crippen LogP) is 5.54. The highest BCUT2D eigenvalue weighted by molar-refractivity contribution is 8.00. The molecule has 0 spiro atoms. The fourth-order valence-electron chi connectivity index (χ4n) is 3.63. The number of hydrogen-bond donors (Lipinski definition) is 1. The summed E-state index contributed by atoms with van der Waals surface area (Å²) < 4.78 is 5.01. The Balaban J connectivity index is 1.44. The SMILES string of the molecule is CCOC(=O)c1cccc(NC(=O)c2ccc(C3SCC(=O)N3Cc3ccc(Cl)cc3)cc2)c1. The van der Waals surface area contributed by atoms with Crippen LogP contribution < -0.4 is 5.32 Å². The van der Waals surface area contributed by atoms with Crippen LogP contribution in [0.2, 0.25) is 5.02 Å². The van der Waals surface area contributed by atoms with Crippen LogP contribution in [0.4, 0.5) is 5.69 Å². The number of nitrogens with one attached hydrogen (secondary N) is 1. The van der Waals surface area contributed by atoms with E-state index in [0.717, 1.165) is 11.1 Å². The molecular formula is C26H23ClN2O4S. The van der Waals surface area contributed by atoms with Crippen LogP contribution in [-0.4, -0.2) is 35.0 Å². The number of hydrogen-bond acceptors (Lipinski definition) is 5. The van der Waals surface area contributed by atoms with Gasteiger partial charge in [0.1, 0.15) is 5.37 Å². The van der Waals surface area contributed by atoms with Crippen LogP contribution in [0.3, 0.4) is 0 Å². The molecule has 6 nitrogen and oxygen atoms in total. The Morgan fingerprint density at radius 2 is 1.79 bits per heavy atom. The van der Waals surface area contributed by atoms with Gasteiger partial charge in [-0.3, -0.25) is 9.59 Å². The lowest BCUT2D eigenvalue weighted by Crippen LogP contribution is -2.27. The molecule has 1 unspecified atom stereocenters. The molecule has 0 aliphatic carbocycles. The summed E-state index contributed by atoms with van der Waals surface area (Å²) in [6.45, 7) is 2.51. The monoisotopic (exact) mass is 494 g/mol. The molecule has 1 N–H and O–H groups in total. The topological polar surface area (TPSA) is 75.7 Å². The number of ether oxygens (including phenoxy) is 1. The van der Waals surface area contributed by atoms with Gasteiger partial charge in [0.25, 0.3) is 5.91 Å². The second kappa shape index (κ2) is 10.8. The molecule has 1 aliphatic rings. The van der Waals surface area contributed by atoms with Crippen molar-refractivity contribution in [1.29, 1.82) is 0 Å². The maximum Gasteiger partial charge on any atom is 0.338 e. The lowest BCUT2D eigenvalue weighted by molar-refractivity contribution is -0.128. The number of nitrogens with zero attached hydrogens (tertiary/aromatic N) is 1. The van der Waals surface area contributed by atoms with Crippen LogP contribution in [0.25, 0.3) is 0 Å². The molecule has 1 aliphatic heterocycles. The van der Waals surface area contributed by atoms with Crippen LogP contribution in [0.5, 0.6) is 0 Å². The molecule has 4 rings (SSSR count). The number of thioether (sulfide) groups is 1. The Kier molecular flexibility index (Phi) is 7.55. The molecule has 2 amide bonds. The van der Waals surface area contributed by atoms with E-state index < -0.39 is 5.97 Å². The van der Waals surface area contributed by atoms with E-state index in [1.54, 1.807) is 55.1 Å². The van der Waals surface area contributed by atoms with Gasteiger partial charge in [-0.15, -0.1) is 11.8 Å². The van der Waals surface area contributed by atoms with Gasteiger partial charge >= 0.3 is 5.97 Å². The maximum atomic E-state index is 12.7. The molecule has 0 bridgehead atoms. The van der Waals surface area contributed by atoms with Gasteiger partial charge in [0.05, 0.1) is 17.9 Å². The lowest BCUT2D eigenvalue weighted by atomic mass is 10.1. The van der Waals surface area contributed by atoms with Gasteiger partial charge in [0.15, 0.2) is 0 Å². The zero-order valence-corrected chi connectivity index (χ0v) is 20.1. The Morgan fingerprint density at radius 1 is 1.06 bits per heavy atom. The van der Waals surface area contributed by atoms with Crippen molar-refractivity contribution in [2.45, 2.75) is 18.8 Å². The average Bonchev–Trinajstić information content (AvgIpc) is 3.21. The second-order valence-corrected chi connectivity index (χ2v) is 9.19. The number of anilines is 1. The van der Waals surface area contributed by atoms with Gasteiger partial charge in [-0.05, 0) is 60.5 Å². The number of benzene rings is 3. The van der Waals surface area contributed by atoms with Crippen LogP contribution in [0.1, 0.15) is 44.1 Å². The maximum absolute atomic E-state index is 12.7. The quantitative estimate of drug-likeness (QED) is 0.436. The van der Waals surface area contributed by atoms with Gasteiger partial charge in [-0.1, -0.05) is 41.9 Å². The molecule has 0 saturated carbocycles. The van der Waals surface area contributed by atoms with Crippen LogP contribution in [0, 0.1) is 0 Å². The van der Waals surface area contributed by atoms with Crippen molar-refractivity contribution in [2.24, 2.45) is 0 Å². The molecule has 0 aromatic heterocycles. The van der Waals surface area contributed by atoms with E-state index in [2.05, 4.69) is 5.32 Å². The molecule has 1 fully saturated rings. The third-order valence-electron chi connectivity index (χ3n) is 5.32. The van der Waals surface area contributed by atoms with Gasteiger partial charge in [0, 0.05) is 22.8 Å². The minimum Gasteiger partial charge on any atom is -0.462 e. The van der Waals surface area contributed by atoms with Crippen LogP contribution in [-0.2, 0) is 16.1 Å². The molecule has 1 heterocycles. The second-order valence-electron chi connectivity index (χ2n) is 7.69. The van der Waals surface area contributed by atoms with Crippen molar-refractivity contribution in [3.05, 3.63) is 100 Å². The first kappa shape index (κ1) is 23.9. The van der Waals surface area contributed by atoms with Crippen molar-refractivity contribution < 1.29 is 19.1 Å². The van der Waals surface area contributed by atoms with Crippen LogP contribution >= 0.6 is 23.4 Å². The number of carbonyl (C=O) groups is 3. The molecular weight excluding hydrogens is 472 g/mol. The third kappa shape index (κ3) is 5.61. The Hall–Kier alpha value is -3.29. The first-order chi connectivity index (χ1) is 16.4. The Bertz CT molecular complexity index is 1200. The van der Waals surface area contributed by atoms with E-state index >= 15 is 0 Å². The third-order valence-corrected chi connectivity index (χ3v) is 6.83. The molecule has 3 aromatic rings. The summed E-state index contributed by atoms with van der Waals surface area (Å²) in [4.78, 5) is 39.0. The number of carbonyl (C=O) groups excluding carboxylic acids is 3. The summed E-state index contributed by atoms with van der Waals surface area (Å²) in [6.07, 6.45) is 0. The minimum atomic E-state index is -0.435. The predicted molar refractivity (Wildman–Crippen MR) is 134 cm³/mol. The van der Waals surface area contributed by atoms with E-state index in [0.29, 0.717) is 34.1 Å². The Morgan fingerprint density at radius 3 is 2.50 bits per heavy atom. The summed E-state index contributed by atoms with van der Waals surface area (Å²) in [5.41, 5.74) is 3.31. The van der Waals surface area contributed by atoms with E-state index in [9.17, 15) is 14.4 Å². The number of esters is 1. The smallest absolute Gasteiger partial charge is 0.338 e. The highest BCUT2D eigenvalue weighted by Gasteiger charge is 2.32. The lowest BCUT2D eigenvalue weighted by Gasteiger charge is -2.24. The average molecular weight is 495 g/mol. The molecule has 1 saturated heterocycles. The molecule has 174 valence electrons. The van der Waals surface area contributed by atoms with Crippen molar-refractivity contribution in [1.82, 2.24) is 4.90 Å². The number of halogens is 1. The normalized spacial score (nSPS) is 15.3. The summed E-state index contributed by atoms with van der Waals surface area (Å²) in [5.74, 6) is -0.235. The van der Waals surface area contributed by atoms with E-state index in [-0.39, 0.29) is 23.8 Å². The number of amides is 2. The van der Waals surface area contributed by atoms with Gasteiger partial charge in [0.2, 0.25) is 5.91 Å². The van der Waals surface area contributed by atoms with Gasteiger partial charge in [-0.25, -0.2) is 4.79 Å². The molecule has 3 aromatic carbocycles. The van der Waals surface area contributed by atoms with E-state index in [1.807, 2.05) is 41.3 Å². The standard InChI is InChI=1S/C26H23ClN2O4S/c1-2-33-26(32)20-4-3-5-22(14-20)28-24(31)18-8-10-19(11-9-18)25-29(23(30)16-34-25)15-17-6-12-21(27)13-7-17/h3-14,25H,2,15-16H2,1H3,(H,28,31). The summed E-state index contributed by atoms with van der Waals surface area (Å²) in [5, 5.41) is 3.34. The number of rotatable bonds is 7. The molecule has 1 atom stereocenters. The zero-order chi connectivity index (χ0) is 24.1. The largest absolute Gasteiger partial charge is 0.462 e. The fourth-order valence-corrected chi connectivity index (χ4v) is 4.94. The van der Waals surface area contributed by atoms with Crippen molar-refractivity contribution in [2.75, 3.05) is 17.7 Å². The highest BCUT2D eigenvalue weighted by Crippen LogP contribution is 2.39. The van der Waals surface area contributed by atoms with E-state index in [4.69, 9.17) is 16.3 Å². The summed E-state index contributed by atoms with van der Waals surface area (Å²) in [7, 11) is 0. The van der Waals surface area contributed by atoms with E-state index in [1.165, 1.54) is 0 Å². The first-order valence-corrected chi connectivity index (χ1v) is 12.2. The molecule has 34 heavy (non-hydrogen) atoms. The summed E-state index contributed by atoms with van der Waals surface area (Å²) >= 11 is 7.53. The highest BCUT2D eigenvalue weighted by atomic mass is 35.5.